The van der Waals surface area contributed by atoms with Crippen LogP contribution in [0.25, 0.3) is 0 Å². The maximum absolute atomic E-state index is 13.8. The largest absolute Gasteiger partial charge is 0.444 e. The molecule has 196 valence electrons. The number of aliphatic hydroxyl groups excluding tert-OH is 1. The molecule has 0 spiro atoms. The molecular formula is C28H39N3O5. The number of hydrogen-bond acceptors (Lipinski definition) is 5. The molecule has 3 amide bonds. The van der Waals surface area contributed by atoms with Crippen LogP contribution in [-0.4, -0.2) is 52.7 Å². The second-order valence-electron chi connectivity index (χ2n) is 9.91. The van der Waals surface area contributed by atoms with E-state index in [9.17, 15) is 19.5 Å². The predicted octanol–water partition coefficient (Wildman–Crippen LogP) is 4.42. The zero-order chi connectivity index (χ0) is 27.0. The number of aryl methyl sites for hydroxylation is 2. The number of hydrogen-bond donors (Lipinski definition) is 3. The molecule has 0 aromatic heterocycles. The van der Waals surface area contributed by atoms with Gasteiger partial charge in [-0.2, -0.15) is 0 Å². The normalized spacial score (nSPS) is 12.9. The lowest BCUT2D eigenvalue weighted by Crippen LogP contribution is -2.54. The number of benzene rings is 2. The van der Waals surface area contributed by atoms with Gasteiger partial charge in [0.1, 0.15) is 17.7 Å². The Bertz CT molecular complexity index is 1080. The lowest BCUT2D eigenvalue weighted by molar-refractivity contribution is -0.141. The lowest BCUT2D eigenvalue weighted by atomic mass is 9.94. The maximum Gasteiger partial charge on any atom is 0.408 e. The number of carbonyl (C=O) groups excluding carboxylic acids is 3. The van der Waals surface area contributed by atoms with Crippen LogP contribution >= 0.6 is 0 Å². The third-order valence-electron chi connectivity index (χ3n) is 5.82. The van der Waals surface area contributed by atoms with Gasteiger partial charge in [-0.25, -0.2) is 4.79 Å². The molecule has 2 atom stereocenters. The van der Waals surface area contributed by atoms with Gasteiger partial charge in [0.05, 0.1) is 6.61 Å². The summed E-state index contributed by atoms with van der Waals surface area (Å²) >= 11 is 0. The average Bonchev–Trinajstić information content (AvgIpc) is 2.79. The molecule has 0 fully saturated rings. The van der Waals surface area contributed by atoms with E-state index in [1.165, 1.54) is 4.90 Å². The summed E-state index contributed by atoms with van der Waals surface area (Å²) in [7, 11) is 0. The predicted molar refractivity (Wildman–Crippen MR) is 141 cm³/mol. The smallest absolute Gasteiger partial charge is 0.408 e. The van der Waals surface area contributed by atoms with E-state index < -0.39 is 36.3 Å². The molecule has 0 heterocycles. The molecule has 0 saturated carbocycles. The quantitative estimate of drug-likeness (QED) is 0.475. The van der Waals surface area contributed by atoms with Crippen molar-refractivity contribution in [2.24, 2.45) is 0 Å². The highest BCUT2D eigenvalue weighted by Gasteiger charge is 2.36. The number of amides is 3. The number of nitrogens with one attached hydrogen (secondary N) is 2. The molecule has 8 nitrogen and oxygen atoms in total. The van der Waals surface area contributed by atoms with Crippen molar-refractivity contribution in [3.8, 4) is 0 Å². The van der Waals surface area contributed by atoms with Crippen molar-refractivity contribution in [2.45, 2.75) is 72.6 Å². The van der Waals surface area contributed by atoms with E-state index in [0.29, 0.717) is 17.7 Å². The number of nitrogens with zero attached hydrogens (tertiary/aromatic N) is 1. The van der Waals surface area contributed by atoms with Gasteiger partial charge < -0.3 is 25.4 Å². The first kappa shape index (κ1) is 28.8. The van der Waals surface area contributed by atoms with Gasteiger partial charge in [-0.3, -0.25) is 9.59 Å². The topological polar surface area (TPSA) is 108 Å². The van der Waals surface area contributed by atoms with E-state index in [1.54, 1.807) is 26.8 Å². The number of rotatable bonds is 9. The van der Waals surface area contributed by atoms with Crippen LogP contribution in [0.4, 0.5) is 10.5 Å². The van der Waals surface area contributed by atoms with Gasteiger partial charge in [-0.1, -0.05) is 43.3 Å². The Hall–Kier alpha value is -3.39. The van der Waals surface area contributed by atoms with Crippen LogP contribution in [0.5, 0.6) is 0 Å². The monoisotopic (exact) mass is 497 g/mol. The molecule has 3 N–H and O–H groups in total. The Balaban J connectivity index is 2.51. The van der Waals surface area contributed by atoms with Crippen molar-refractivity contribution in [2.75, 3.05) is 18.5 Å². The number of para-hydroxylation sites is 1. The molecule has 36 heavy (non-hydrogen) atoms. The lowest BCUT2D eigenvalue weighted by Gasteiger charge is -2.35. The van der Waals surface area contributed by atoms with Crippen molar-refractivity contribution in [3.05, 3.63) is 64.7 Å². The molecular weight excluding hydrogens is 458 g/mol. The summed E-state index contributed by atoms with van der Waals surface area (Å²) < 4.78 is 5.27. The first-order valence-corrected chi connectivity index (χ1v) is 12.2. The highest BCUT2D eigenvalue weighted by molar-refractivity contribution is 5.99. The number of anilines is 1. The third-order valence-corrected chi connectivity index (χ3v) is 5.82. The van der Waals surface area contributed by atoms with E-state index in [4.69, 9.17) is 4.74 Å². The minimum atomic E-state index is -1.27. The average molecular weight is 498 g/mol. The first-order chi connectivity index (χ1) is 16.9. The fraction of sp³-hybridized carbons (Fsp3) is 0.464. The minimum absolute atomic E-state index is 0.241. The standard InChI is InChI=1S/C28H39N3O5/c1-8-16-31(26(34)23(17-32)30-27(35)36-28(5,6)7)24(21-14-11-13-18(2)20(21)4)25(33)29-22-15-10-9-12-19(22)3/h9-15,23-24,32H,8,16-17H2,1-7H3,(H,29,33)(H,30,35). The van der Waals surface area contributed by atoms with Crippen molar-refractivity contribution >= 4 is 23.6 Å². The van der Waals surface area contributed by atoms with Crippen LogP contribution in [0, 0.1) is 20.8 Å². The number of alkyl carbamates (subject to hydrolysis) is 1. The van der Waals surface area contributed by atoms with Gasteiger partial charge in [0.15, 0.2) is 0 Å². The van der Waals surface area contributed by atoms with E-state index in [1.807, 2.05) is 64.1 Å². The molecule has 0 aliphatic rings. The zero-order valence-corrected chi connectivity index (χ0v) is 22.3. The Morgan fingerprint density at radius 2 is 1.64 bits per heavy atom. The summed E-state index contributed by atoms with van der Waals surface area (Å²) in [5.74, 6) is -0.954. The molecule has 2 rings (SSSR count). The Morgan fingerprint density at radius 3 is 2.22 bits per heavy atom. The van der Waals surface area contributed by atoms with E-state index in [-0.39, 0.29) is 12.5 Å². The Kier molecular flexibility index (Phi) is 10.0. The summed E-state index contributed by atoms with van der Waals surface area (Å²) in [6.07, 6.45) is -0.256. The van der Waals surface area contributed by atoms with Gasteiger partial charge in [-0.05, 0) is 76.3 Å². The molecule has 2 aromatic rings. The van der Waals surface area contributed by atoms with Crippen molar-refractivity contribution in [1.29, 1.82) is 0 Å². The molecule has 0 bridgehead atoms. The van der Waals surface area contributed by atoms with E-state index in [0.717, 1.165) is 16.7 Å². The zero-order valence-electron chi connectivity index (χ0n) is 22.3. The molecule has 0 aliphatic heterocycles. The summed E-state index contributed by atoms with van der Waals surface area (Å²) in [5.41, 5.74) is 3.31. The number of ether oxygens (including phenoxy) is 1. The van der Waals surface area contributed by atoms with E-state index in [2.05, 4.69) is 10.6 Å². The molecule has 0 radical (unpaired) electrons. The van der Waals surface area contributed by atoms with Gasteiger partial charge in [0.2, 0.25) is 5.91 Å². The highest BCUT2D eigenvalue weighted by Crippen LogP contribution is 2.29. The third kappa shape index (κ3) is 7.55. The van der Waals surface area contributed by atoms with Gasteiger partial charge in [-0.15, -0.1) is 0 Å². The summed E-state index contributed by atoms with van der Waals surface area (Å²) in [6.45, 7) is 12.4. The second kappa shape index (κ2) is 12.5. The van der Waals surface area contributed by atoms with Gasteiger partial charge in [0.25, 0.3) is 5.91 Å². The van der Waals surface area contributed by atoms with E-state index >= 15 is 0 Å². The molecule has 0 aliphatic carbocycles. The minimum Gasteiger partial charge on any atom is -0.444 e. The fourth-order valence-corrected chi connectivity index (χ4v) is 3.88. The van der Waals surface area contributed by atoms with Crippen LogP contribution in [0.2, 0.25) is 0 Å². The summed E-state index contributed by atoms with van der Waals surface area (Å²) in [4.78, 5) is 41.3. The molecule has 0 saturated heterocycles. The van der Waals surface area contributed by atoms with Crippen LogP contribution in [-0.2, 0) is 14.3 Å². The molecule has 2 unspecified atom stereocenters. The molecule has 8 heteroatoms. The SMILES string of the molecule is CCCN(C(=O)C(CO)NC(=O)OC(C)(C)C)C(C(=O)Nc1ccccc1C)c1cccc(C)c1C. The maximum atomic E-state index is 13.8. The van der Waals surface area contributed by atoms with Crippen LogP contribution < -0.4 is 10.6 Å². The summed E-state index contributed by atoms with van der Waals surface area (Å²) in [6, 6.07) is 10.8. The Morgan fingerprint density at radius 1 is 1.00 bits per heavy atom. The van der Waals surface area contributed by atoms with Crippen LogP contribution in [0.3, 0.4) is 0 Å². The van der Waals surface area contributed by atoms with Crippen molar-refractivity contribution in [1.82, 2.24) is 10.2 Å². The first-order valence-electron chi connectivity index (χ1n) is 12.2. The van der Waals surface area contributed by atoms with Crippen LogP contribution in [0.1, 0.15) is 62.4 Å². The fourth-order valence-electron chi connectivity index (χ4n) is 3.88. The van der Waals surface area contributed by atoms with Gasteiger partial charge in [0, 0.05) is 12.2 Å². The van der Waals surface area contributed by atoms with Crippen LogP contribution in [0.15, 0.2) is 42.5 Å². The Labute approximate surface area is 214 Å². The molecule has 2 aromatic carbocycles. The summed E-state index contributed by atoms with van der Waals surface area (Å²) in [5, 5.41) is 15.4. The van der Waals surface area contributed by atoms with Crippen molar-refractivity contribution in [3.63, 3.8) is 0 Å². The number of carbonyl (C=O) groups is 3. The number of aliphatic hydroxyl groups is 1. The highest BCUT2D eigenvalue weighted by atomic mass is 16.6. The van der Waals surface area contributed by atoms with Gasteiger partial charge >= 0.3 is 6.09 Å². The van der Waals surface area contributed by atoms with Crippen molar-refractivity contribution < 1.29 is 24.2 Å². The second-order valence-corrected chi connectivity index (χ2v) is 9.91.